The Morgan fingerprint density at radius 2 is 1.84 bits per heavy atom. The van der Waals surface area contributed by atoms with Crippen molar-refractivity contribution in [2.24, 2.45) is 0 Å². The molecule has 32 heavy (non-hydrogen) atoms. The van der Waals surface area contributed by atoms with Crippen molar-refractivity contribution in [3.63, 3.8) is 0 Å². The zero-order valence-electron chi connectivity index (χ0n) is 17.9. The van der Waals surface area contributed by atoms with Crippen LogP contribution in [0.5, 0.6) is 0 Å². The molecule has 4 aromatic rings. The fraction of sp³-hybridized carbons (Fsp3) is 0.250. The average molecular weight is 433 g/mol. The van der Waals surface area contributed by atoms with Crippen molar-refractivity contribution in [1.29, 1.82) is 0 Å². The molecule has 0 unspecified atom stereocenters. The van der Waals surface area contributed by atoms with Crippen molar-refractivity contribution in [1.82, 2.24) is 25.0 Å². The lowest BCUT2D eigenvalue weighted by Gasteiger charge is -2.10. The van der Waals surface area contributed by atoms with Crippen LogP contribution >= 0.6 is 0 Å². The number of nitrogens with zero attached hydrogens (tertiary/aromatic N) is 5. The normalized spacial score (nSPS) is 10.9. The fourth-order valence-corrected chi connectivity index (χ4v) is 3.36. The highest BCUT2D eigenvalue weighted by atomic mass is 19.1. The molecular weight excluding hydrogens is 407 g/mol. The summed E-state index contributed by atoms with van der Waals surface area (Å²) in [6.45, 7) is 4.31. The van der Waals surface area contributed by atoms with Gasteiger partial charge in [0.05, 0.1) is 18.8 Å². The third-order valence-electron chi connectivity index (χ3n) is 4.94. The van der Waals surface area contributed by atoms with Crippen LogP contribution < -0.4 is 5.32 Å². The monoisotopic (exact) mass is 432 g/mol. The zero-order valence-corrected chi connectivity index (χ0v) is 17.9. The number of ether oxygens (including phenoxy) is 1. The molecule has 4 rings (SSSR count). The van der Waals surface area contributed by atoms with Gasteiger partial charge in [-0.1, -0.05) is 35.5 Å². The second-order valence-electron chi connectivity index (χ2n) is 7.14. The molecule has 164 valence electrons. The maximum Gasteiger partial charge on any atom is 0.223 e. The number of halogens is 1. The Morgan fingerprint density at radius 3 is 2.62 bits per heavy atom. The molecule has 0 spiro atoms. The van der Waals surface area contributed by atoms with Gasteiger partial charge in [-0.2, -0.15) is 0 Å². The molecule has 8 heteroatoms. The Kier molecular flexibility index (Phi) is 7.14. The second kappa shape index (κ2) is 10.6. The van der Waals surface area contributed by atoms with E-state index in [1.165, 1.54) is 17.7 Å². The minimum atomic E-state index is -0.300. The molecule has 7 nitrogen and oxygen atoms in total. The Labute approximate surface area is 186 Å². The van der Waals surface area contributed by atoms with Gasteiger partial charge in [0.15, 0.2) is 0 Å². The molecule has 0 aliphatic rings. The summed E-state index contributed by atoms with van der Waals surface area (Å²) < 4.78 is 20.7. The third-order valence-corrected chi connectivity index (χ3v) is 4.94. The van der Waals surface area contributed by atoms with Gasteiger partial charge in [0.25, 0.3) is 0 Å². The molecule has 0 fully saturated rings. The van der Waals surface area contributed by atoms with Crippen molar-refractivity contribution in [3.8, 4) is 22.6 Å². The summed E-state index contributed by atoms with van der Waals surface area (Å²) in [5.41, 5.74) is 4.07. The Morgan fingerprint density at radius 1 is 1.03 bits per heavy atom. The van der Waals surface area contributed by atoms with Crippen molar-refractivity contribution in [2.45, 2.75) is 19.9 Å². The maximum absolute atomic E-state index is 13.4. The van der Waals surface area contributed by atoms with Crippen LogP contribution in [0.1, 0.15) is 12.5 Å². The minimum Gasteiger partial charge on any atom is -0.380 e. The predicted molar refractivity (Wildman–Crippen MR) is 122 cm³/mol. The summed E-state index contributed by atoms with van der Waals surface area (Å²) in [6, 6.07) is 18.3. The fourth-order valence-electron chi connectivity index (χ4n) is 3.36. The van der Waals surface area contributed by atoms with E-state index in [1.54, 1.807) is 23.0 Å². The molecule has 2 aromatic carbocycles. The van der Waals surface area contributed by atoms with Crippen LogP contribution in [0, 0.1) is 5.82 Å². The molecule has 2 aromatic heterocycles. The van der Waals surface area contributed by atoms with Crippen molar-refractivity contribution < 1.29 is 9.13 Å². The van der Waals surface area contributed by atoms with E-state index in [4.69, 9.17) is 9.72 Å². The van der Waals surface area contributed by atoms with Gasteiger partial charge >= 0.3 is 0 Å². The number of rotatable bonds is 10. The lowest BCUT2D eigenvalue weighted by molar-refractivity contribution is 0.136. The molecule has 0 bridgehead atoms. The van der Waals surface area contributed by atoms with Gasteiger partial charge in [-0.25, -0.2) is 19.0 Å². The predicted octanol–water partition coefficient (Wildman–Crippen LogP) is 4.23. The van der Waals surface area contributed by atoms with Gasteiger partial charge in [0.2, 0.25) is 5.95 Å². The molecule has 0 amide bonds. The molecule has 1 N–H and O–H groups in total. The van der Waals surface area contributed by atoms with E-state index in [9.17, 15) is 4.39 Å². The minimum absolute atomic E-state index is 0.300. The first-order chi connectivity index (χ1) is 15.7. The second-order valence-corrected chi connectivity index (χ2v) is 7.14. The first-order valence-electron chi connectivity index (χ1n) is 10.6. The number of aromatic nitrogens is 5. The van der Waals surface area contributed by atoms with E-state index < -0.39 is 0 Å². The van der Waals surface area contributed by atoms with Crippen LogP contribution in [0.25, 0.3) is 22.6 Å². The highest BCUT2D eigenvalue weighted by molar-refractivity contribution is 5.76. The standard InChI is InChI=1S/C24H25FN6O/c1-2-32-17-16-31-23(22(29-30-31)19-8-10-20(25)11-9-19)21-13-15-27-24(28-21)26-14-12-18-6-4-3-5-7-18/h3-11,13,15H,2,12,14,16-17H2,1H3,(H,26,27,28). The van der Waals surface area contributed by atoms with E-state index >= 15 is 0 Å². The van der Waals surface area contributed by atoms with E-state index in [0.29, 0.717) is 43.6 Å². The van der Waals surface area contributed by atoms with Crippen LogP contribution in [-0.4, -0.2) is 44.7 Å². The summed E-state index contributed by atoms with van der Waals surface area (Å²) in [7, 11) is 0. The van der Waals surface area contributed by atoms with E-state index in [1.807, 2.05) is 31.2 Å². The van der Waals surface area contributed by atoms with Crippen molar-refractivity contribution in [2.75, 3.05) is 25.1 Å². The first-order valence-corrected chi connectivity index (χ1v) is 10.6. The molecule has 0 aliphatic carbocycles. The van der Waals surface area contributed by atoms with Gasteiger partial charge in [-0.05, 0) is 49.2 Å². The number of benzene rings is 2. The SMILES string of the molecule is CCOCCn1nnc(-c2ccc(F)cc2)c1-c1ccnc(NCCc2ccccc2)n1. The van der Waals surface area contributed by atoms with Gasteiger partial charge in [0.1, 0.15) is 17.2 Å². The molecule has 2 heterocycles. The topological polar surface area (TPSA) is 77.8 Å². The molecule has 0 saturated heterocycles. The highest BCUT2D eigenvalue weighted by Gasteiger charge is 2.18. The number of nitrogens with one attached hydrogen (secondary N) is 1. The Balaban J connectivity index is 1.59. The molecule has 0 saturated carbocycles. The average Bonchev–Trinajstić information content (AvgIpc) is 3.24. The summed E-state index contributed by atoms with van der Waals surface area (Å²) in [4.78, 5) is 9.05. The number of hydrogen-bond donors (Lipinski definition) is 1. The van der Waals surface area contributed by atoms with Crippen molar-refractivity contribution in [3.05, 3.63) is 78.2 Å². The Bertz CT molecular complexity index is 1130. The summed E-state index contributed by atoms with van der Waals surface area (Å²) in [5, 5.41) is 12.0. The highest BCUT2D eigenvalue weighted by Crippen LogP contribution is 2.29. The molecule has 0 atom stereocenters. The first kappa shape index (κ1) is 21.6. The summed E-state index contributed by atoms with van der Waals surface area (Å²) in [6.07, 6.45) is 2.57. The molecule has 0 radical (unpaired) electrons. The summed E-state index contributed by atoms with van der Waals surface area (Å²) >= 11 is 0. The number of hydrogen-bond acceptors (Lipinski definition) is 6. The summed E-state index contributed by atoms with van der Waals surface area (Å²) in [5.74, 6) is 0.229. The molecular formula is C24H25FN6O. The van der Waals surface area contributed by atoms with Crippen LogP contribution in [-0.2, 0) is 17.7 Å². The zero-order chi connectivity index (χ0) is 22.2. The Hall–Kier alpha value is -3.65. The lowest BCUT2D eigenvalue weighted by Crippen LogP contribution is -2.11. The maximum atomic E-state index is 13.4. The van der Waals surface area contributed by atoms with Gasteiger partial charge < -0.3 is 10.1 Å². The van der Waals surface area contributed by atoms with Gasteiger partial charge in [-0.3, -0.25) is 0 Å². The van der Waals surface area contributed by atoms with E-state index in [0.717, 1.165) is 17.7 Å². The lowest BCUT2D eigenvalue weighted by atomic mass is 10.1. The van der Waals surface area contributed by atoms with Crippen LogP contribution in [0.15, 0.2) is 66.9 Å². The largest absolute Gasteiger partial charge is 0.380 e. The van der Waals surface area contributed by atoms with Crippen LogP contribution in [0.2, 0.25) is 0 Å². The van der Waals surface area contributed by atoms with E-state index in [2.05, 4.69) is 32.7 Å². The third kappa shape index (κ3) is 5.33. The van der Waals surface area contributed by atoms with Gasteiger partial charge in [0, 0.05) is 24.9 Å². The van der Waals surface area contributed by atoms with E-state index in [-0.39, 0.29) is 5.82 Å². The number of anilines is 1. The van der Waals surface area contributed by atoms with Crippen molar-refractivity contribution >= 4 is 5.95 Å². The quantitative estimate of drug-likeness (QED) is 0.378. The van der Waals surface area contributed by atoms with Crippen LogP contribution in [0.3, 0.4) is 0 Å². The smallest absolute Gasteiger partial charge is 0.223 e. The van der Waals surface area contributed by atoms with Gasteiger partial charge in [-0.15, -0.1) is 5.10 Å². The molecule has 0 aliphatic heterocycles. The van der Waals surface area contributed by atoms with Crippen LogP contribution in [0.4, 0.5) is 10.3 Å².